The highest BCUT2D eigenvalue weighted by molar-refractivity contribution is 5.87. The lowest BCUT2D eigenvalue weighted by Crippen LogP contribution is -2.59. The number of nitrogens with two attached hydrogens (primary N) is 1. The quantitative estimate of drug-likeness (QED) is 0.741. The lowest BCUT2D eigenvalue weighted by atomic mass is 9.81. The number of carbonyl (C=O) groups excluding carboxylic acids is 1. The molecule has 3 nitrogen and oxygen atoms in total. The summed E-state index contributed by atoms with van der Waals surface area (Å²) < 4.78 is 0. The Bertz CT molecular complexity index is 280. The van der Waals surface area contributed by atoms with Gasteiger partial charge in [0.15, 0.2) is 0 Å². The molecule has 0 unspecified atom stereocenters. The van der Waals surface area contributed by atoms with Gasteiger partial charge in [0.1, 0.15) is 0 Å². The number of hydrogen-bond acceptors (Lipinski definition) is 2. The van der Waals surface area contributed by atoms with Crippen LogP contribution in [0.25, 0.3) is 0 Å². The highest BCUT2D eigenvalue weighted by atomic mass is 16.2. The number of likely N-dealkylation sites (tertiary alicyclic amines) is 1. The Kier molecular flexibility index (Phi) is 2.99. The van der Waals surface area contributed by atoms with Crippen molar-refractivity contribution in [2.45, 2.75) is 69.9 Å². The third-order valence-electron chi connectivity index (χ3n) is 4.32. The van der Waals surface area contributed by atoms with Gasteiger partial charge in [0.25, 0.3) is 0 Å². The predicted molar refractivity (Wildman–Crippen MR) is 65.0 cm³/mol. The summed E-state index contributed by atoms with van der Waals surface area (Å²) in [6, 6.07) is 0. The summed E-state index contributed by atoms with van der Waals surface area (Å²) in [5.41, 5.74) is 5.77. The van der Waals surface area contributed by atoms with Crippen LogP contribution < -0.4 is 5.73 Å². The maximum absolute atomic E-state index is 12.5. The third kappa shape index (κ3) is 1.97. The molecular weight excluding hydrogens is 200 g/mol. The monoisotopic (exact) mass is 224 g/mol. The molecule has 3 heteroatoms. The molecule has 0 bridgehead atoms. The SMILES string of the molecule is CC1(C)CCCN1C(=O)C1(N)CCCCC1. The van der Waals surface area contributed by atoms with E-state index >= 15 is 0 Å². The molecule has 1 amide bonds. The summed E-state index contributed by atoms with van der Waals surface area (Å²) in [5, 5.41) is 0. The molecule has 2 rings (SSSR count). The first-order chi connectivity index (χ1) is 7.46. The fourth-order valence-corrected chi connectivity index (χ4v) is 3.15. The van der Waals surface area contributed by atoms with Gasteiger partial charge in [0.2, 0.25) is 5.91 Å². The summed E-state index contributed by atoms with van der Waals surface area (Å²) in [5.74, 6) is 0.203. The Labute approximate surface area is 98.4 Å². The standard InChI is InChI=1S/C13H24N2O/c1-12(2)7-6-10-15(12)11(16)13(14)8-4-3-5-9-13/h3-10,14H2,1-2H3. The highest BCUT2D eigenvalue weighted by Crippen LogP contribution is 2.34. The highest BCUT2D eigenvalue weighted by Gasteiger charge is 2.44. The van der Waals surface area contributed by atoms with E-state index in [0.717, 1.165) is 45.1 Å². The molecule has 2 fully saturated rings. The fourth-order valence-electron chi connectivity index (χ4n) is 3.15. The van der Waals surface area contributed by atoms with Crippen molar-refractivity contribution < 1.29 is 4.79 Å². The largest absolute Gasteiger partial charge is 0.336 e. The minimum atomic E-state index is -0.556. The Morgan fingerprint density at radius 1 is 1.06 bits per heavy atom. The van der Waals surface area contributed by atoms with Gasteiger partial charge in [-0.05, 0) is 39.5 Å². The number of nitrogens with zero attached hydrogens (tertiary/aromatic N) is 1. The van der Waals surface area contributed by atoms with Crippen LogP contribution in [-0.2, 0) is 4.79 Å². The molecule has 1 saturated carbocycles. The Morgan fingerprint density at radius 3 is 2.19 bits per heavy atom. The van der Waals surface area contributed by atoms with Crippen molar-refractivity contribution in [1.82, 2.24) is 4.90 Å². The summed E-state index contributed by atoms with van der Waals surface area (Å²) >= 11 is 0. The second-order valence-electron chi connectivity index (χ2n) is 6.09. The van der Waals surface area contributed by atoms with Crippen LogP contribution in [0.15, 0.2) is 0 Å². The molecular formula is C13H24N2O. The Morgan fingerprint density at radius 2 is 1.69 bits per heavy atom. The van der Waals surface area contributed by atoms with Gasteiger partial charge in [-0.25, -0.2) is 0 Å². The van der Waals surface area contributed by atoms with E-state index in [0.29, 0.717) is 0 Å². The van der Waals surface area contributed by atoms with Crippen LogP contribution >= 0.6 is 0 Å². The first-order valence-corrected chi connectivity index (χ1v) is 6.57. The van der Waals surface area contributed by atoms with E-state index in [-0.39, 0.29) is 11.4 Å². The second-order valence-corrected chi connectivity index (χ2v) is 6.09. The van der Waals surface area contributed by atoms with Crippen LogP contribution in [0.5, 0.6) is 0 Å². The molecule has 1 saturated heterocycles. The average molecular weight is 224 g/mol. The van der Waals surface area contributed by atoms with Crippen molar-refractivity contribution >= 4 is 5.91 Å². The number of amides is 1. The molecule has 0 radical (unpaired) electrons. The minimum Gasteiger partial charge on any atom is -0.336 e. The topological polar surface area (TPSA) is 46.3 Å². The zero-order valence-electron chi connectivity index (χ0n) is 10.6. The van der Waals surface area contributed by atoms with E-state index in [1.165, 1.54) is 6.42 Å². The van der Waals surface area contributed by atoms with E-state index in [1.54, 1.807) is 0 Å². The number of carbonyl (C=O) groups is 1. The molecule has 1 heterocycles. The van der Waals surface area contributed by atoms with E-state index in [9.17, 15) is 4.79 Å². The molecule has 0 aromatic heterocycles. The van der Waals surface area contributed by atoms with Crippen LogP contribution in [0.2, 0.25) is 0 Å². The predicted octanol–water partition coefficient (Wildman–Crippen LogP) is 2.05. The molecule has 0 aromatic rings. The van der Waals surface area contributed by atoms with Crippen molar-refractivity contribution in [3.8, 4) is 0 Å². The van der Waals surface area contributed by atoms with E-state index < -0.39 is 5.54 Å². The first kappa shape index (κ1) is 11.9. The number of rotatable bonds is 1. The van der Waals surface area contributed by atoms with Crippen LogP contribution in [0.3, 0.4) is 0 Å². The van der Waals surface area contributed by atoms with Crippen LogP contribution in [0.1, 0.15) is 58.8 Å². The first-order valence-electron chi connectivity index (χ1n) is 6.57. The Balaban J connectivity index is 2.12. The molecule has 16 heavy (non-hydrogen) atoms. The minimum absolute atomic E-state index is 0.0148. The molecule has 0 aromatic carbocycles. The van der Waals surface area contributed by atoms with E-state index in [2.05, 4.69) is 13.8 Å². The second kappa shape index (κ2) is 4.02. The van der Waals surface area contributed by atoms with Gasteiger partial charge in [-0.3, -0.25) is 4.79 Å². The zero-order valence-corrected chi connectivity index (χ0v) is 10.6. The fraction of sp³-hybridized carbons (Fsp3) is 0.923. The molecule has 1 aliphatic heterocycles. The van der Waals surface area contributed by atoms with Crippen molar-refractivity contribution in [2.75, 3.05) is 6.54 Å². The van der Waals surface area contributed by atoms with Crippen molar-refractivity contribution in [2.24, 2.45) is 5.73 Å². The molecule has 1 aliphatic carbocycles. The van der Waals surface area contributed by atoms with Crippen LogP contribution in [-0.4, -0.2) is 28.4 Å². The van der Waals surface area contributed by atoms with Gasteiger partial charge in [0, 0.05) is 12.1 Å². The normalized spacial score (nSPS) is 28.1. The van der Waals surface area contributed by atoms with Gasteiger partial charge < -0.3 is 10.6 Å². The van der Waals surface area contributed by atoms with Gasteiger partial charge in [-0.2, -0.15) is 0 Å². The molecule has 2 aliphatic rings. The summed E-state index contributed by atoms with van der Waals surface area (Å²) in [4.78, 5) is 14.6. The van der Waals surface area contributed by atoms with Crippen molar-refractivity contribution in [1.29, 1.82) is 0 Å². The smallest absolute Gasteiger partial charge is 0.243 e. The molecule has 0 spiro atoms. The third-order valence-corrected chi connectivity index (χ3v) is 4.32. The maximum Gasteiger partial charge on any atom is 0.243 e. The number of hydrogen-bond donors (Lipinski definition) is 1. The van der Waals surface area contributed by atoms with Gasteiger partial charge >= 0.3 is 0 Å². The summed E-state index contributed by atoms with van der Waals surface area (Å²) in [6.45, 7) is 5.21. The lowest BCUT2D eigenvalue weighted by Gasteiger charge is -2.40. The zero-order chi connectivity index (χ0) is 11.8. The van der Waals surface area contributed by atoms with Gasteiger partial charge in [0.05, 0.1) is 5.54 Å². The molecule has 0 atom stereocenters. The average Bonchev–Trinajstić information content (AvgIpc) is 2.58. The van der Waals surface area contributed by atoms with Crippen molar-refractivity contribution in [3.05, 3.63) is 0 Å². The van der Waals surface area contributed by atoms with Crippen molar-refractivity contribution in [3.63, 3.8) is 0 Å². The van der Waals surface area contributed by atoms with Crippen LogP contribution in [0.4, 0.5) is 0 Å². The van der Waals surface area contributed by atoms with Crippen LogP contribution in [0, 0.1) is 0 Å². The molecule has 2 N–H and O–H groups in total. The lowest BCUT2D eigenvalue weighted by molar-refractivity contribution is -0.141. The van der Waals surface area contributed by atoms with Gasteiger partial charge in [-0.1, -0.05) is 19.3 Å². The van der Waals surface area contributed by atoms with E-state index in [4.69, 9.17) is 5.73 Å². The van der Waals surface area contributed by atoms with E-state index in [1.807, 2.05) is 4.90 Å². The summed E-state index contributed by atoms with van der Waals surface area (Å²) in [6.07, 6.45) is 7.42. The Hall–Kier alpha value is -0.570. The van der Waals surface area contributed by atoms with Gasteiger partial charge in [-0.15, -0.1) is 0 Å². The molecule has 92 valence electrons. The summed E-state index contributed by atoms with van der Waals surface area (Å²) in [7, 11) is 0. The maximum atomic E-state index is 12.5.